The molecule has 2 N–H and O–H groups in total. The highest BCUT2D eigenvalue weighted by Gasteiger charge is 2.16. The summed E-state index contributed by atoms with van der Waals surface area (Å²) in [4.78, 5) is 14.0. The summed E-state index contributed by atoms with van der Waals surface area (Å²) in [6.07, 6.45) is 1.63. The van der Waals surface area contributed by atoms with E-state index in [1.54, 1.807) is 7.11 Å². The standard InChI is InChI=1S/C13H27N3O2S.2ClH/c1-16(6-3-8-18-2)7-4-15-13(17)10-12-11-19-9-5-14-12;;/h12,14H,3-11H2,1-2H3,(H,15,17);2*1H. The zero-order valence-electron chi connectivity index (χ0n) is 12.9. The number of hydrogen-bond donors (Lipinski definition) is 2. The van der Waals surface area contributed by atoms with Crippen LogP contribution in [0.25, 0.3) is 0 Å². The number of hydrogen-bond acceptors (Lipinski definition) is 5. The molecule has 128 valence electrons. The van der Waals surface area contributed by atoms with Crippen LogP contribution in [0.5, 0.6) is 0 Å². The average Bonchev–Trinajstić information content (AvgIpc) is 2.40. The molecule has 1 heterocycles. The van der Waals surface area contributed by atoms with Gasteiger partial charge in [0.15, 0.2) is 0 Å². The first-order valence-electron chi connectivity index (χ1n) is 6.97. The van der Waals surface area contributed by atoms with Crippen LogP contribution < -0.4 is 10.6 Å². The summed E-state index contributed by atoms with van der Waals surface area (Å²) in [7, 11) is 3.79. The minimum atomic E-state index is 0. The molecular weight excluding hydrogens is 333 g/mol. The highest BCUT2D eigenvalue weighted by molar-refractivity contribution is 7.99. The Bertz CT molecular complexity index is 258. The molecule has 1 rings (SSSR count). The Morgan fingerprint density at radius 1 is 1.43 bits per heavy atom. The summed E-state index contributed by atoms with van der Waals surface area (Å²) in [5, 5.41) is 6.37. The number of nitrogens with one attached hydrogen (secondary N) is 2. The molecule has 8 heteroatoms. The molecule has 5 nitrogen and oxygen atoms in total. The van der Waals surface area contributed by atoms with Crippen molar-refractivity contribution >= 4 is 42.5 Å². The summed E-state index contributed by atoms with van der Waals surface area (Å²) >= 11 is 1.92. The molecule has 1 fully saturated rings. The molecule has 1 amide bonds. The number of carbonyl (C=O) groups excluding carboxylic acids is 1. The van der Waals surface area contributed by atoms with Crippen LogP contribution in [0.1, 0.15) is 12.8 Å². The number of methoxy groups -OCH3 is 1. The number of likely N-dealkylation sites (N-methyl/N-ethyl adjacent to an activating group) is 1. The maximum Gasteiger partial charge on any atom is 0.221 e. The topological polar surface area (TPSA) is 53.6 Å². The Morgan fingerprint density at radius 3 is 2.81 bits per heavy atom. The lowest BCUT2D eigenvalue weighted by atomic mass is 10.2. The molecule has 1 aliphatic heterocycles. The van der Waals surface area contributed by atoms with E-state index in [9.17, 15) is 4.79 Å². The van der Waals surface area contributed by atoms with Gasteiger partial charge in [-0.15, -0.1) is 24.8 Å². The fraction of sp³-hybridized carbons (Fsp3) is 0.923. The van der Waals surface area contributed by atoms with Gasteiger partial charge in [0, 0.05) is 63.9 Å². The van der Waals surface area contributed by atoms with Crippen molar-refractivity contribution in [3.05, 3.63) is 0 Å². The quantitative estimate of drug-likeness (QED) is 0.600. The lowest BCUT2D eigenvalue weighted by Crippen LogP contribution is -2.42. The summed E-state index contributed by atoms with van der Waals surface area (Å²) in [5.41, 5.74) is 0. The van der Waals surface area contributed by atoms with Crippen LogP contribution in [0.2, 0.25) is 0 Å². The van der Waals surface area contributed by atoms with Gasteiger partial charge in [-0.1, -0.05) is 0 Å². The van der Waals surface area contributed by atoms with E-state index < -0.39 is 0 Å². The molecule has 0 radical (unpaired) electrons. The predicted molar refractivity (Wildman–Crippen MR) is 95.2 cm³/mol. The second kappa shape index (κ2) is 15.2. The molecule has 1 aliphatic rings. The molecule has 1 unspecified atom stereocenters. The SMILES string of the molecule is COCCCN(C)CCNC(=O)CC1CSCCN1.Cl.Cl. The van der Waals surface area contributed by atoms with E-state index in [-0.39, 0.29) is 30.7 Å². The van der Waals surface area contributed by atoms with Crippen LogP contribution in [0.15, 0.2) is 0 Å². The van der Waals surface area contributed by atoms with Crippen molar-refractivity contribution in [2.24, 2.45) is 0 Å². The van der Waals surface area contributed by atoms with E-state index in [4.69, 9.17) is 4.74 Å². The van der Waals surface area contributed by atoms with Crippen LogP contribution in [0.4, 0.5) is 0 Å². The van der Waals surface area contributed by atoms with E-state index in [1.165, 1.54) is 0 Å². The zero-order chi connectivity index (χ0) is 13.9. The lowest BCUT2D eigenvalue weighted by Gasteiger charge is -2.23. The van der Waals surface area contributed by atoms with Crippen molar-refractivity contribution in [3.63, 3.8) is 0 Å². The van der Waals surface area contributed by atoms with Gasteiger partial charge in [-0.3, -0.25) is 4.79 Å². The van der Waals surface area contributed by atoms with Crippen molar-refractivity contribution < 1.29 is 9.53 Å². The number of nitrogens with zero attached hydrogens (tertiary/aromatic N) is 1. The van der Waals surface area contributed by atoms with Gasteiger partial charge >= 0.3 is 0 Å². The molecule has 0 spiro atoms. The minimum Gasteiger partial charge on any atom is -0.385 e. The summed E-state index contributed by atoms with van der Waals surface area (Å²) < 4.78 is 5.01. The predicted octanol–water partition coefficient (Wildman–Crippen LogP) is 1.01. The molecule has 0 aliphatic carbocycles. The Labute approximate surface area is 145 Å². The van der Waals surface area contributed by atoms with Crippen LogP contribution in [-0.4, -0.2) is 75.3 Å². The van der Waals surface area contributed by atoms with Crippen LogP contribution >= 0.6 is 36.6 Å². The number of ether oxygens (including phenoxy) is 1. The number of carbonyl (C=O) groups is 1. The first kappa shape index (κ1) is 23.5. The molecule has 1 saturated heterocycles. The molecule has 0 aromatic carbocycles. The number of halogens is 2. The van der Waals surface area contributed by atoms with Gasteiger partial charge in [0.05, 0.1) is 0 Å². The third-order valence-electron chi connectivity index (χ3n) is 3.13. The van der Waals surface area contributed by atoms with Gasteiger partial charge in [0.25, 0.3) is 0 Å². The minimum absolute atomic E-state index is 0. The molecular formula is C13H29Cl2N3O2S. The second-order valence-electron chi connectivity index (χ2n) is 4.93. The third-order valence-corrected chi connectivity index (χ3v) is 4.27. The number of amides is 1. The van der Waals surface area contributed by atoms with Gasteiger partial charge in [-0.2, -0.15) is 11.8 Å². The smallest absolute Gasteiger partial charge is 0.221 e. The molecule has 1 atom stereocenters. The average molecular weight is 362 g/mol. The van der Waals surface area contributed by atoms with Gasteiger partial charge in [0.1, 0.15) is 0 Å². The van der Waals surface area contributed by atoms with E-state index in [0.717, 1.165) is 50.7 Å². The Kier molecular flexibility index (Phi) is 17.0. The molecule has 0 aromatic rings. The molecule has 0 saturated carbocycles. The van der Waals surface area contributed by atoms with Crippen molar-refractivity contribution in [3.8, 4) is 0 Å². The molecule has 0 bridgehead atoms. The summed E-state index contributed by atoms with van der Waals surface area (Å²) in [5.74, 6) is 2.36. The van der Waals surface area contributed by atoms with Crippen LogP contribution in [0, 0.1) is 0 Å². The van der Waals surface area contributed by atoms with Gasteiger partial charge < -0.3 is 20.3 Å². The first-order valence-corrected chi connectivity index (χ1v) is 8.13. The van der Waals surface area contributed by atoms with E-state index in [2.05, 4.69) is 22.6 Å². The number of thioether (sulfide) groups is 1. The molecule has 0 aromatic heterocycles. The largest absolute Gasteiger partial charge is 0.385 e. The third kappa shape index (κ3) is 12.5. The van der Waals surface area contributed by atoms with Crippen molar-refractivity contribution in [2.75, 3.05) is 58.4 Å². The Morgan fingerprint density at radius 2 is 2.19 bits per heavy atom. The van der Waals surface area contributed by atoms with Gasteiger partial charge in [0.2, 0.25) is 5.91 Å². The van der Waals surface area contributed by atoms with Crippen molar-refractivity contribution in [1.82, 2.24) is 15.5 Å². The zero-order valence-corrected chi connectivity index (χ0v) is 15.4. The molecule has 21 heavy (non-hydrogen) atoms. The maximum atomic E-state index is 11.8. The monoisotopic (exact) mass is 361 g/mol. The maximum absolute atomic E-state index is 11.8. The highest BCUT2D eigenvalue weighted by Crippen LogP contribution is 2.09. The van der Waals surface area contributed by atoms with Crippen molar-refractivity contribution in [1.29, 1.82) is 0 Å². The van der Waals surface area contributed by atoms with E-state index in [1.807, 2.05) is 11.8 Å². The lowest BCUT2D eigenvalue weighted by molar-refractivity contribution is -0.121. The number of rotatable bonds is 9. The highest BCUT2D eigenvalue weighted by atomic mass is 35.5. The fourth-order valence-electron chi connectivity index (χ4n) is 2.02. The summed E-state index contributed by atoms with van der Waals surface area (Å²) in [6, 6.07) is 0.346. The van der Waals surface area contributed by atoms with Gasteiger partial charge in [-0.25, -0.2) is 0 Å². The van der Waals surface area contributed by atoms with E-state index in [0.29, 0.717) is 12.5 Å². The second-order valence-corrected chi connectivity index (χ2v) is 6.08. The van der Waals surface area contributed by atoms with Crippen LogP contribution in [0.3, 0.4) is 0 Å². The summed E-state index contributed by atoms with van der Waals surface area (Å²) in [6.45, 7) is 4.43. The van der Waals surface area contributed by atoms with Gasteiger partial charge in [-0.05, 0) is 13.5 Å². The first-order chi connectivity index (χ1) is 9.22. The normalized spacial score (nSPS) is 17.8. The van der Waals surface area contributed by atoms with E-state index >= 15 is 0 Å². The fourth-order valence-corrected chi connectivity index (χ4v) is 2.97. The Balaban J connectivity index is 0. The van der Waals surface area contributed by atoms with Crippen molar-refractivity contribution in [2.45, 2.75) is 18.9 Å². The van der Waals surface area contributed by atoms with Crippen LogP contribution in [-0.2, 0) is 9.53 Å². The Hall–Kier alpha value is 0.280.